The van der Waals surface area contributed by atoms with Gasteiger partial charge in [0.15, 0.2) is 0 Å². The Morgan fingerprint density at radius 3 is 2.20 bits per heavy atom. The van der Waals surface area contributed by atoms with E-state index in [2.05, 4.69) is 19.9 Å². The van der Waals surface area contributed by atoms with Crippen LogP contribution < -0.4 is 0 Å². The third-order valence-electron chi connectivity index (χ3n) is 2.91. The van der Waals surface area contributed by atoms with E-state index in [9.17, 15) is 0 Å². The summed E-state index contributed by atoms with van der Waals surface area (Å²) in [5.74, 6) is 1.64. The molecule has 1 rings (SSSR count). The minimum atomic E-state index is -0.0166. The summed E-state index contributed by atoms with van der Waals surface area (Å²) in [6.45, 7) is 4.33. The minimum absolute atomic E-state index is 0.0166. The molecule has 0 aromatic carbocycles. The van der Waals surface area contributed by atoms with Crippen LogP contribution in [-0.2, 0) is 6.42 Å². The molecular weight excluding hydrogens is 271 g/mol. The van der Waals surface area contributed by atoms with Crippen LogP contribution in [0.3, 0.4) is 0 Å². The monoisotopic (exact) mass is 284 g/mol. The molecule has 0 spiro atoms. The van der Waals surface area contributed by atoms with E-state index in [1.54, 1.807) is 11.3 Å². The molecule has 0 nitrogen and oxygen atoms in total. The fourth-order valence-corrected chi connectivity index (χ4v) is 3.77. The van der Waals surface area contributed by atoms with Gasteiger partial charge in [0.25, 0.3) is 0 Å². The molecule has 1 aromatic heterocycles. The molecule has 0 saturated carbocycles. The van der Waals surface area contributed by atoms with Crippen molar-refractivity contribution in [1.29, 1.82) is 0 Å². The zero-order chi connectivity index (χ0) is 11.5. The lowest BCUT2D eigenvalue weighted by Crippen LogP contribution is -2.33. The van der Waals surface area contributed by atoms with Gasteiger partial charge in [0.1, 0.15) is 0 Å². The van der Waals surface area contributed by atoms with Gasteiger partial charge in [0.2, 0.25) is 0 Å². The average Bonchev–Trinajstić information content (AvgIpc) is 2.60. The lowest BCUT2D eigenvalue weighted by molar-refractivity contribution is 0.260. The number of halogens is 3. The predicted octanol–water partition coefficient (Wildman–Crippen LogP) is 5.06. The molecule has 0 saturated heterocycles. The van der Waals surface area contributed by atoms with E-state index < -0.39 is 0 Å². The second kappa shape index (κ2) is 5.77. The highest BCUT2D eigenvalue weighted by atomic mass is 35.5. The van der Waals surface area contributed by atoms with Gasteiger partial charge in [-0.3, -0.25) is 0 Å². The van der Waals surface area contributed by atoms with Crippen LogP contribution in [0.4, 0.5) is 0 Å². The van der Waals surface area contributed by atoms with Gasteiger partial charge in [-0.1, -0.05) is 25.4 Å². The molecule has 0 aliphatic rings. The van der Waals surface area contributed by atoms with Crippen molar-refractivity contribution in [3.63, 3.8) is 0 Å². The SMILES string of the molecule is CC(C)C(CCl)(CCl)Cc1ccc(Cl)s1. The van der Waals surface area contributed by atoms with Crippen molar-refractivity contribution in [2.45, 2.75) is 20.3 Å². The van der Waals surface area contributed by atoms with Crippen molar-refractivity contribution in [3.05, 3.63) is 21.3 Å². The van der Waals surface area contributed by atoms with E-state index in [1.165, 1.54) is 4.88 Å². The van der Waals surface area contributed by atoms with Gasteiger partial charge in [-0.25, -0.2) is 0 Å². The second-order valence-electron chi connectivity index (χ2n) is 4.17. The lowest BCUT2D eigenvalue weighted by atomic mass is 9.77. The first kappa shape index (κ1) is 13.6. The number of rotatable bonds is 5. The van der Waals surface area contributed by atoms with Gasteiger partial charge in [0, 0.05) is 22.1 Å². The summed E-state index contributed by atoms with van der Waals surface area (Å²) in [5, 5.41) is 0. The lowest BCUT2D eigenvalue weighted by Gasteiger charge is -2.33. The molecule has 0 fully saturated rings. The molecule has 0 aliphatic heterocycles. The van der Waals surface area contributed by atoms with Crippen LogP contribution in [0.5, 0.6) is 0 Å². The Bertz CT molecular complexity index is 303. The van der Waals surface area contributed by atoms with Gasteiger partial charge in [-0.2, -0.15) is 0 Å². The number of thiophene rings is 1. The first-order chi connectivity index (χ1) is 7.04. The maximum atomic E-state index is 6.06. The van der Waals surface area contributed by atoms with Crippen LogP contribution in [0.25, 0.3) is 0 Å². The molecule has 0 bridgehead atoms. The summed E-state index contributed by atoms with van der Waals surface area (Å²) < 4.78 is 0.826. The van der Waals surface area contributed by atoms with Crippen LogP contribution in [0.15, 0.2) is 12.1 Å². The van der Waals surface area contributed by atoms with E-state index in [1.807, 2.05) is 6.07 Å². The Kier molecular flexibility index (Phi) is 5.24. The van der Waals surface area contributed by atoms with E-state index >= 15 is 0 Å². The highest BCUT2D eigenvalue weighted by molar-refractivity contribution is 7.16. The molecule has 1 heterocycles. The Hall–Kier alpha value is 0.570. The molecule has 0 amide bonds. The summed E-state index contributed by atoms with van der Waals surface area (Å²) >= 11 is 19.6. The minimum Gasteiger partial charge on any atom is -0.128 e. The van der Waals surface area contributed by atoms with E-state index in [4.69, 9.17) is 34.8 Å². The summed E-state index contributed by atoms with van der Waals surface area (Å²) in [5.41, 5.74) is -0.0166. The highest BCUT2D eigenvalue weighted by Gasteiger charge is 2.32. The van der Waals surface area contributed by atoms with Gasteiger partial charge in [-0.05, 0) is 24.5 Å². The fourth-order valence-electron chi connectivity index (χ4n) is 1.44. The molecular formula is C11H15Cl3S. The summed E-state index contributed by atoms with van der Waals surface area (Å²) in [6.07, 6.45) is 0.912. The van der Waals surface area contributed by atoms with Gasteiger partial charge >= 0.3 is 0 Å². The van der Waals surface area contributed by atoms with Crippen LogP contribution in [0.1, 0.15) is 18.7 Å². The number of hydrogen-bond donors (Lipinski definition) is 0. The third-order valence-corrected chi connectivity index (χ3v) is 5.21. The summed E-state index contributed by atoms with van der Waals surface area (Å²) in [4.78, 5) is 1.26. The summed E-state index contributed by atoms with van der Waals surface area (Å²) in [6, 6.07) is 3.98. The Balaban J connectivity index is 2.83. The molecule has 1 aromatic rings. The van der Waals surface area contributed by atoms with Gasteiger partial charge in [0.05, 0.1) is 4.34 Å². The van der Waals surface area contributed by atoms with Gasteiger partial charge < -0.3 is 0 Å². The summed E-state index contributed by atoms with van der Waals surface area (Å²) in [7, 11) is 0. The Morgan fingerprint density at radius 1 is 1.27 bits per heavy atom. The number of hydrogen-bond acceptors (Lipinski definition) is 1. The van der Waals surface area contributed by atoms with Crippen molar-refractivity contribution >= 4 is 46.1 Å². The van der Waals surface area contributed by atoms with Crippen molar-refractivity contribution in [2.75, 3.05) is 11.8 Å². The standard InChI is InChI=1S/C11H15Cl3S/c1-8(2)11(6-12,7-13)5-9-3-4-10(14)15-9/h3-4,8H,5-7H2,1-2H3. The van der Waals surface area contributed by atoms with Gasteiger partial charge in [-0.15, -0.1) is 34.5 Å². The molecule has 0 atom stereocenters. The third kappa shape index (κ3) is 3.26. The van der Waals surface area contributed by atoms with Crippen molar-refractivity contribution in [2.24, 2.45) is 11.3 Å². The van der Waals surface area contributed by atoms with Crippen molar-refractivity contribution in [1.82, 2.24) is 0 Å². The molecule has 0 unspecified atom stereocenters. The number of alkyl halides is 2. The zero-order valence-corrected chi connectivity index (χ0v) is 12.0. The van der Waals surface area contributed by atoms with Crippen LogP contribution in [0.2, 0.25) is 4.34 Å². The molecule has 0 aliphatic carbocycles. The van der Waals surface area contributed by atoms with Crippen LogP contribution in [0, 0.1) is 11.3 Å². The molecule has 86 valence electrons. The average molecular weight is 286 g/mol. The molecule has 0 radical (unpaired) electrons. The smallest absolute Gasteiger partial charge is 0.0931 e. The first-order valence-electron chi connectivity index (χ1n) is 4.90. The van der Waals surface area contributed by atoms with Crippen LogP contribution >= 0.6 is 46.1 Å². The first-order valence-corrected chi connectivity index (χ1v) is 7.16. The Morgan fingerprint density at radius 2 is 1.87 bits per heavy atom. The fraction of sp³-hybridized carbons (Fsp3) is 0.636. The van der Waals surface area contributed by atoms with E-state index in [0.717, 1.165) is 10.8 Å². The van der Waals surface area contributed by atoms with E-state index in [0.29, 0.717) is 17.7 Å². The Labute approximate surface area is 111 Å². The molecule has 15 heavy (non-hydrogen) atoms. The van der Waals surface area contributed by atoms with E-state index in [-0.39, 0.29) is 5.41 Å². The van der Waals surface area contributed by atoms with Crippen molar-refractivity contribution < 1.29 is 0 Å². The topological polar surface area (TPSA) is 0 Å². The normalized spacial score (nSPS) is 12.4. The van der Waals surface area contributed by atoms with Crippen molar-refractivity contribution in [3.8, 4) is 0 Å². The predicted molar refractivity (Wildman–Crippen MR) is 71.7 cm³/mol. The second-order valence-corrected chi connectivity index (χ2v) is 6.50. The highest BCUT2D eigenvalue weighted by Crippen LogP contribution is 2.37. The molecule has 0 N–H and O–H groups in total. The quantitative estimate of drug-likeness (QED) is 0.663. The molecule has 4 heteroatoms. The largest absolute Gasteiger partial charge is 0.128 e. The maximum Gasteiger partial charge on any atom is 0.0931 e. The zero-order valence-electron chi connectivity index (χ0n) is 8.90. The van der Waals surface area contributed by atoms with Crippen LogP contribution in [-0.4, -0.2) is 11.8 Å². The maximum absolute atomic E-state index is 6.06.